The Kier molecular flexibility index (Phi) is 3.57. The molecule has 0 amide bonds. The van der Waals surface area contributed by atoms with E-state index < -0.39 is 0 Å². The van der Waals surface area contributed by atoms with Gasteiger partial charge in [0.2, 0.25) is 0 Å². The summed E-state index contributed by atoms with van der Waals surface area (Å²) in [6.45, 7) is 4.73. The maximum Gasteiger partial charge on any atom is 0.00943 e. The molecule has 0 bridgehead atoms. The van der Waals surface area contributed by atoms with E-state index in [0.29, 0.717) is 0 Å². The first-order valence-electron chi connectivity index (χ1n) is 5.29. The highest BCUT2D eigenvalue weighted by Gasteiger charge is 2.26. The zero-order valence-electron chi connectivity index (χ0n) is 9.01. The summed E-state index contributed by atoms with van der Waals surface area (Å²) in [7, 11) is 4.44. The summed E-state index contributed by atoms with van der Waals surface area (Å²) in [6.07, 6.45) is 5.66. The van der Waals surface area contributed by atoms with Crippen molar-refractivity contribution in [3.05, 3.63) is 0 Å². The summed E-state index contributed by atoms with van der Waals surface area (Å²) in [5, 5.41) is 0. The van der Waals surface area contributed by atoms with Crippen LogP contribution in [-0.2, 0) is 0 Å². The number of nitrogens with zero attached hydrogens (tertiary/aromatic N) is 1. The zero-order valence-corrected chi connectivity index (χ0v) is 9.01. The lowest BCUT2D eigenvalue weighted by molar-refractivity contribution is 0.146. The second-order valence-corrected chi connectivity index (χ2v) is 4.70. The smallest absolute Gasteiger partial charge is 0.00943 e. The molecular weight excluding hydrogens is 146 g/mol. The van der Waals surface area contributed by atoms with E-state index in [-0.39, 0.29) is 0 Å². The third kappa shape index (κ3) is 2.48. The predicted octanol–water partition coefficient (Wildman–Crippen LogP) is 2.76. The average molecular weight is 169 g/mol. The van der Waals surface area contributed by atoms with Crippen molar-refractivity contribution in [2.24, 2.45) is 11.8 Å². The van der Waals surface area contributed by atoms with E-state index in [1.165, 1.54) is 25.7 Å². The molecule has 1 saturated carbocycles. The lowest BCUT2D eigenvalue weighted by Gasteiger charge is -2.36. The molecule has 0 saturated heterocycles. The van der Waals surface area contributed by atoms with Crippen LogP contribution >= 0.6 is 0 Å². The van der Waals surface area contributed by atoms with Crippen molar-refractivity contribution in [3.8, 4) is 0 Å². The largest absolute Gasteiger partial charge is 0.306 e. The molecule has 0 radical (unpaired) electrons. The van der Waals surface area contributed by atoms with Gasteiger partial charge in [-0.05, 0) is 45.2 Å². The minimum Gasteiger partial charge on any atom is -0.306 e. The quantitative estimate of drug-likeness (QED) is 0.614. The Morgan fingerprint density at radius 1 is 1.17 bits per heavy atom. The average Bonchev–Trinajstić information content (AvgIpc) is 2.03. The summed E-state index contributed by atoms with van der Waals surface area (Å²) in [6, 6.07) is 0.846. The molecule has 3 atom stereocenters. The van der Waals surface area contributed by atoms with Crippen LogP contribution in [0, 0.1) is 11.8 Å². The van der Waals surface area contributed by atoms with Crippen molar-refractivity contribution in [2.45, 2.75) is 45.6 Å². The summed E-state index contributed by atoms with van der Waals surface area (Å²) in [5.74, 6) is 1.93. The minimum atomic E-state index is 0.846. The fraction of sp³-hybridized carbons (Fsp3) is 1.00. The van der Waals surface area contributed by atoms with Crippen LogP contribution in [0.3, 0.4) is 0 Å². The molecule has 72 valence electrons. The van der Waals surface area contributed by atoms with Crippen molar-refractivity contribution >= 4 is 0 Å². The van der Waals surface area contributed by atoms with Gasteiger partial charge in [-0.3, -0.25) is 0 Å². The highest BCUT2D eigenvalue weighted by Crippen LogP contribution is 2.32. The van der Waals surface area contributed by atoms with Crippen molar-refractivity contribution in [1.29, 1.82) is 0 Å². The van der Waals surface area contributed by atoms with Crippen LogP contribution in [0.2, 0.25) is 0 Å². The fourth-order valence-corrected chi connectivity index (χ4v) is 2.46. The first-order valence-corrected chi connectivity index (χ1v) is 5.29. The third-order valence-electron chi connectivity index (χ3n) is 3.32. The SMILES string of the molecule is CCC1CC(C)CC(N(C)C)C1. The van der Waals surface area contributed by atoms with E-state index in [9.17, 15) is 0 Å². The topological polar surface area (TPSA) is 3.24 Å². The van der Waals surface area contributed by atoms with Gasteiger partial charge >= 0.3 is 0 Å². The molecule has 1 aliphatic rings. The minimum absolute atomic E-state index is 0.846. The maximum atomic E-state index is 2.40. The molecule has 1 rings (SSSR count). The van der Waals surface area contributed by atoms with E-state index in [0.717, 1.165) is 17.9 Å². The predicted molar refractivity (Wildman–Crippen MR) is 54.3 cm³/mol. The van der Waals surface area contributed by atoms with Gasteiger partial charge in [-0.15, -0.1) is 0 Å². The van der Waals surface area contributed by atoms with E-state index in [2.05, 4.69) is 32.8 Å². The number of rotatable bonds is 2. The second-order valence-electron chi connectivity index (χ2n) is 4.70. The van der Waals surface area contributed by atoms with Gasteiger partial charge in [0.15, 0.2) is 0 Å². The molecule has 1 nitrogen and oxygen atoms in total. The molecule has 0 aromatic carbocycles. The molecule has 0 aromatic rings. The van der Waals surface area contributed by atoms with Gasteiger partial charge < -0.3 is 4.90 Å². The maximum absolute atomic E-state index is 2.40. The number of hydrogen-bond donors (Lipinski definition) is 0. The van der Waals surface area contributed by atoms with Gasteiger partial charge in [-0.1, -0.05) is 20.3 Å². The Morgan fingerprint density at radius 3 is 2.33 bits per heavy atom. The van der Waals surface area contributed by atoms with Crippen LogP contribution in [0.5, 0.6) is 0 Å². The third-order valence-corrected chi connectivity index (χ3v) is 3.32. The Labute approximate surface area is 77.1 Å². The lowest BCUT2D eigenvalue weighted by atomic mass is 9.78. The monoisotopic (exact) mass is 169 g/mol. The fourth-order valence-electron chi connectivity index (χ4n) is 2.46. The van der Waals surface area contributed by atoms with Gasteiger partial charge in [0.1, 0.15) is 0 Å². The Balaban J connectivity index is 2.45. The van der Waals surface area contributed by atoms with Gasteiger partial charge in [-0.25, -0.2) is 0 Å². The van der Waals surface area contributed by atoms with Crippen molar-refractivity contribution < 1.29 is 0 Å². The van der Waals surface area contributed by atoms with Crippen LogP contribution in [0.4, 0.5) is 0 Å². The van der Waals surface area contributed by atoms with Gasteiger partial charge in [0, 0.05) is 6.04 Å². The molecule has 1 aliphatic carbocycles. The summed E-state index contributed by atoms with van der Waals surface area (Å²) in [4.78, 5) is 2.40. The molecule has 0 N–H and O–H groups in total. The highest BCUT2D eigenvalue weighted by molar-refractivity contribution is 4.80. The lowest BCUT2D eigenvalue weighted by Crippen LogP contribution is -2.35. The molecule has 0 heterocycles. The van der Waals surface area contributed by atoms with E-state index in [4.69, 9.17) is 0 Å². The number of hydrogen-bond acceptors (Lipinski definition) is 1. The van der Waals surface area contributed by atoms with Crippen molar-refractivity contribution in [2.75, 3.05) is 14.1 Å². The second kappa shape index (κ2) is 4.27. The van der Waals surface area contributed by atoms with E-state index in [1.807, 2.05) is 0 Å². The van der Waals surface area contributed by atoms with Gasteiger partial charge in [-0.2, -0.15) is 0 Å². The molecular formula is C11H23N. The van der Waals surface area contributed by atoms with E-state index >= 15 is 0 Å². The molecule has 1 heteroatoms. The standard InChI is InChI=1S/C11H23N/c1-5-10-6-9(2)7-11(8-10)12(3)4/h9-11H,5-8H2,1-4H3. The van der Waals surface area contributed by atoms with Gasteiger partial charge in [0.05, 0.1) is 0 Å². The summed E-state index contributed by atoms with van der Waals surface area (Å²) < 4.78 is 0. The van der Waals surface area contributed by atoms with Crippen LogP contribution in [0.25, 0.3) is 0 Å². The zero-order chi connectivity index (χ0) is 9.14. The van der Waals surface area contributed by atoms with Crippen LogP contribution in [0.1, 0.15) is 39.5 Å². The van der Waals surface area contributed by atoms with Crippen LogP contribution < -0.4 is 0 Å². The molecule has 0 aromatic heterocycles. The molecule has 0 spiro atoms. The van der Waals surface area contributed by atoms with Crippen molar-refractivity contribution in [3.63, 3.8) is 0 Å². The van der Waals surface area contributed by atoms with E-state index in [1.54, 1.807) is 0 Å². The first-order chi connectivity index (χ1) is 5.63. The molecule has 3 unspecified atom stereocenters. The first kappa shape index (κ1) is 10.0. The Morgan fingerprint density at radius 2 is 1.83 bits per heavy atom. The normalized spacial score (nSPS) is 37.2. The van der Waals surface area contributed by atoms with Crippen molar-refractivity contribution in [1.82, 2.24) is 4.90 Å². The molecule has 0 aliphatic heterocycles. The summed E-state index contributed by atoms with van der Waals surface area (Å²) >= 11 is 0. The molecule has 12 heavy (non-hydrogen) atoms. The molecule has 1 fully saturated rings. The van der Waals surface area contributed by atoms with Crippen LogP contribution in [0.15, 0.2) is 0 Å². The Bertz CT molecular complexity index is 131. The van der Waals surface area contributed by atoms with Gasteiger partial charge in [0.25, 0.3) is 0 Å². The highest BCUT2D eigenvalue weighted by atomic mass is 15.1. The summed E-state index contributed by atoms with van der Waals surface area (Å²) in [5.41, 5.74) is 0. The van der Waals surface area contributed by atoms with Crippen LogP contribution in [-0.4, -0.2) is 25.0 Å². The Hall–Kier alpha value is -0.0400.